The van der Waals surface area contributed by atoms with Gasteiger partial charge in [-0.05, 0) is 24.1 Å². The molecule has 3 atom stereocenters. The van der Waals surface area contributed by atoms with E-state index in [1.165, 1.54) is 31.4 Å². The van der Waals surface area contributed by atoms with Crippen LogP contribution in [0.15, 0.2) is 24.3 Å². The number of non-ortho nitro benzene ring substituents is 1. The first-order valence-corrected chi connectivity index (χ1v) is 13.0. The number of sulfone groups is 1. The maximum Gasteiger partial charge on any atom is 0.313 e. The number of nitro benzene ring substituents is 1. The van der Waals surface area contributed by atoms with Gasteiger partial charge < -0.3 is 24.3 Å². The number of β-lactam (4-membered cyclic amide) rings is 1. The maximum absolute atomic E-state index is 12.5. The summed E-state index contributed by atoms with van der Waals surface area (Å²) in [5, 5.41) is 13.3. The Morgan fingerprint density at radius 2 is 1.94 bits per heavy atom. The van der Waals surface area contributed by atoms with E-state index < -0.39 is 56.4 Å². The molecule has 0 aromatic heterocycles. The highest BCUT2D eigenvalue weighted by Crippen LogP contribution is 2.41. The predicted octanol–water partition coefficient (Wildman–Crippen LogP) is 0.296. The number of hydrogen-bond acceptors (Lipinski definition) is 11. The van der Waals surface area contributed by atoms with Crippen LogP contribution in [0.2, 0.25) is 0 Å². The number of Topliss-reactive ketones (excluding diaryl/α,β-unsaturated/α-hetero) is 1. The highest BCUT2D eigenvalue weighted by Gasteiger charge is 2.59. The smallest absolute Gasteiger partial charge is 0.313 e. The zero-order chi connectivity index (χ0) is 26.3. The van der Waals surface area contributed by atoms with Crippen molar-refractivity contribution in [3.05, 3.63) is 39.9 Å². The fourth-order valence-corrected chi connectivity index (χ4v) is 6.23. The lowest BCUT2D eigenvalue weighted by Gasteiger charge is -2.46. The monoisotopic (exact) mass is 528 g/mol. The van der Waals surface area contributed by atoms with Gasteiger partial charge in [0.1, 0.15) is 25.6 Å². The summed E-state index contributed by atoms with van der Waals surface area (Å²) < 4.78 is 45.5. The number of esters is 1. The lowest BCUT2D eigenvalue weighted by Crippen LogP contribution is -2.68. The third-order valence-corrected chi connectivity index (χ3v) is 7.83. The van der Waals surface area contributed by atoms with Crippen molar-refractivity contribution < 1.29 is 46.7 Å². The van der Waals surface area contributed by atoms with Crippen molar-refractivity contribution >= 4 is 33.2 Å². The van der Waals surface area contributed by atoms with Crippen molar-refractivity contribution in [3.8, 4) is 0 Å². The van der Waals surface area contributed by atoms with E-state index in [2.05, 4.69) is 5.32 Å². The van der Waals surface area contributed by atoms with E-state index in [0.717, 1.165) is 0 Å². The fourth-order valence-electron chi connectivity index (χ4n) is 4.28. The Balaban J connectivity index is 1.53. The third-order valence-electron chi connectivity index (χ3n) is 6.08. The van der Waals surface area contributed by atoms with Crippen LogP contribution in [0.3, 0.4) is 0 Å². The van der Waals surface area contributed by atoms with Gasteiger partial charge in [-0.15, -0.1) is 0 Å². The van der Waals surface area contributed by atoms with Crippen LogP contribution in [0.1, 0.15) is 24.8 Å². The first kappa shape index (κ1) is 27.6. The number of methoxy groups -OCH3 is 1. The minimum atomic E-state index is -3.44. The molecule has 1 aromatic carbocycles. The number of ketones is 1. The zero-order valence-electron chi connectivity index (χ0n) is 19.7. The summed E-state index contributed by atoms with van der Waals surface area (Å²) in [5.74, 6) is -3.12. The van der Waals surface area contributed by atoms with Crippen LogP contribution in [0.4, 0.5) is 5.69 Å². The molecule has 36 heavy (non-hydrogen) atoms. The largest absolute Gasteiger partial charge is 0.460 e. The average Bonchev–Trinajstić information content (AvgIpc) is 3.11. The molecule has 13 nitrogen and oxygen atoms in total. The van der Waals surface area contributed by atoms with Gasteiger partial charge in [-0.1, -0.05) is 0 Å². The molecule has 3 rings (SSSR count). The minimum Gasteiger partial charge on any atom is -0.460 e. The molecule has 2 fully saturated rings. The van der Waals surface area contributed by atoms with Gasteiger partial charge in [0.2, 0.25) is 5.91 Å². The minimum absolute atomic E-state index is 0.0863. The van der Waals surface area contributed by atoms with Crippen molar-refractivity contribution in [2.75, 3.05) is 38.6 Å². The van der Waals surface area contributed by atoms with Crippen molar-refractivity contribution in [1.82, 2.24) is 5.32 Å². The van der Waals surface area contributed by atoms with Gasteiger partial charge in [0.25, 0.3) is 5.69 Å². The van der Waals surface area contributed by atoms with Crippen LogP contribution in [0, 0.1) is 16.0 Å². The number of nitrogens with one attached hydrogen (secondary N) is 1. The molecule has 2 aliphatic heterocycles. The van der Waals surface area contributed by atoms with Gasteiger partial charge in [-0.3, -0.25) is 24.5 Å². The molecule has 1 amide bonds. The van der Waals surface area contributed by atoms with E-state index in [4.69, 9.17) is 18.9 Å². The van der Waals surface area contributed by atoms with Gasteiger partial charge in [0.15, 0.2) is 9.84 Å². The van der Waals surface area contributed by atoms with E-state index in [1.807, 2.05) is 0 Å². The molecule has 1 aromatic rings. The standard InChI is InChI=1S/C22H28N2O11S/c1-32-7-8-33-14-35-22(6-9-36(30,31)13-22)20-18(23-21(20)27)10-17(25)11-19(26)34-12-15-2-4-16(5-3-15)24(28)29/h2-5,18,20H,6-14H2,1H3,(H,23,27)/t18-,20+,22?/m1/s1. The number of nitro groups is 1. The van der Waals surface area contributed by atoms with Gasteiger partial charge in [-0.25, -0.2) is 8.42 Å². The number of rotatable bonds is 14. The van der Waals surface area contributed by atoms with E-state index in [0.29, 0.717) is 12.2 Å². The molecular weight excluding hydrogens is 500 g/mol. The summed E-state index contributed by atoms with van der Waals surface area (Å²) in [4.78, 5) is 47.2. The fraction of sp³-hybridized carbons (Fsp3) is 0.591. The first-order valence-electron chi connectivity index (χ1n) is 11.2. The number of carbonyl (C=O) groups excluding carboxylic acids is 3. The average molecular weight is 529 g/mol. The van der Waals surface area contributed by atoms with E-state index in [-0.39, 0.29) is 50.0 Å². The van der Waals surface area contributed by atoms with Crippen LogP contribution < -0.4 is 5.32 Å². The van der Waals surface area contributed by atoms with E-state index >= 15 is 0 Å². The Labute approximate surface area is 207 Å². The molecule has 198 valence electrons. The van der Waals surface area contributed by atoms with Crippen molar-refractivity contribution in [2.24, 2.45) is 5.92 Å². The Morgan fingerprint density at radius 3 is 2.53 bits per heavy atom. The van der Waals surface area contributed by atoms with Crippen LogP contribution in [0.25, 0.3) is 0 Å². The molecule has 2 aliphatic rings. The summed E-state index contributed by atoms with van der Waals surface area (Å²) in [6.45, 7) is 0.138. The number of ether oxygens (including phenoxy) is 4. The third kappa shape index (κ3) is 7.06. The molecule has 0 bridgehead atoms. The van der Waals surface area contributed by atoms with E-state index in [1.54, 1.807) is 0 Å². The molecule has 2 heterocycles. The van der Waals surface area contributed by atoms with Gasteiger partial charge in [0.05, 0.1) is 47.2 Å². The van der Waals surface area contributed by atoms with Gasteiger partial charge in [-0.2, -0.15) is 0 Å². The second-order valence-corrected chi connectivity index (χ2v) is 10.9. The number of hydrogen-bond donors (Lipinski definition) is 1. The van der Waals surface area contributed by atoms with Crippen LogP contribution in [0.5, 0.6) is 0 Å². The molecule has 1 N–H and O–H groups in total. The molecule has 1 unspecified atom stereocenters. The number of amides is 1. The molecular formula is C22H28N2O11S. The Hall–Kier alpha value is -2.94. The SMILES string of the molecule is COCCOCOC1([C@@H]2C(=O)N[C@@H]2CC(=O)CC(=O)OCc2ccc([N+](=O)[O-])cc2)CCS(=O)(=O)C1. The lowest BCUT2D eigenvalue weighted by molar-refractivity contribution is -0.384. The number of benzene rings is 1. The summed E-state index contributed by atoms with van der Waals surface area (Å²) in [6.07, 6.45) is -0.653. The second kappa shape index (κ2) is 11.9. The summed E-state index contributed by atoms with van der Waals surface area (Å²) in [5.41, 5.74) is -0.909. The van der Waals surface area contributed by atoms with Crippen LogP contribution in [-0.2, 0) is 49.8 Å². The summed E-state index contributed by atoms with van der Waals surface area (Å²) >= 11 is 0. The molecule has 2 saturated heterocycles. The predicted molar refractivity (Wildman–Crippen MR) is 122 cm³/mol. The maximum atomic E-state index is 12.5. The molecule has 0 aliphatic carbocycles. The lowest BCUT2D eigenvalue weighted by atomic mass is 9.73. The van der Waals surface area contributed by atoms with Crippen LogP contribution in [-0.4, -0.2) is 81.3 Å². The molecule has 0 spiro atoms. The number of carbonyl (C=O) groups is 3. The highest BCUT2D eigenvalue weighted by atomic mass is 32.2. The summed E-state index contributed by atoms with van der Waals surface area (Å²) in [7, 11) is -1.94. The van der Waals surface area contributed by atoms with E-state index in [9.17, 15) is 32.9 Å². The highest BCUT2D eigenvalue weighted by molar-refractivity contribution is 7.91. The zero-order valence-corrected chi connectivity index (χ0v) is 20.5. The molecule has 0 radical (unpaired) electrons. The first-order chi connectivity index (χ1) is 17.0. The normalized spacial score (nSPS) is 24.5. The second-order valence-electron chi connectivity index (χ2n) is 8.67. The number of nitrogens with zero attached hydrogens (tertiary/aromatic N) is 1. The van der Waals surface area contributed by atoms with Crippen molar-refractivity contribution in [3.63, 3.8) is 0 Å². The Kier molecular flexibility index (Phi) is 9.11. The van der Waals surface area contributed by atoms with Crippen molar-refractivity contribution in [2.45, 2.75) is 37.5 Å². The van der Waals surface area contributed by atoms with Gasteiger partial charge in [0, 0.05) is 25.7 Å². The van der Waals surface area contributed by atoms with Crippen molar-refractivity contribution in [1.29, 1.82) is 0 Å². The molecule has 0 saturated carbocycles. The quantitative estimate of drug-likeness (QED) is 0.0668. The van der Waals surface area contributed by atoms with Crippen LogP contribution >= 0.6 is 0 Å². The van der Waals surface area contributed by atoms with Gasteiger partial charge >= 0.3 is 5.97 Å². The summed E-state index contributed by atoms with van der Waals surface area (Å²) in [6, 6.07) is 4.74. The Morgan fingerprint density at radius 1 is 1.22 bits per heavy atom. The topological polar surface area (TPSA) is 177 Å². The Bertz CT molecular complexity index is 1090. The molecule has 14 heteroatoms.